The van der Waals surface area contributed by atoms with Gasteiger partial charge in [0.15, 0.2) is 16.7 Å². The second-order valence-corrected chi connectivity index (χ2v) is 8.42. The first-order valence-electron chi connectivity index (χ1n) is 10.6. The highest BCUT2D eigenvalue weighted by molar-refractivity contribution is 7.98. The highest BCUT2D eigenvalue weighted by Gasteiger charge is 2.26. The summed E-state index contributed by atoms with van der Waals surface area (Å²) < 4.78 is 54.2. The summed E-state index contributed by atoms with van der Waals surface area (Å²) in [6.45, 7) is 1.35. The van der Waals surface area contributed by atoms with Crippen molar-refractivity contribution in [3.05, 3.63) is 83.7 Å². The molecule has 3 aromatic carbocycles. The summed E-state index contributed by atoms with van der Waals surface area (Å²) in [5.74, 6) is -1.37. The van der Waals surface area contributed by atoms with Crippen molar-refractivity contribution in [1.82, 2.24) is 14.8 Å². The summed E-state index contributed by atoms with van der Waals surface area (Å²) in [5.41, 5.74) is 0.730. The quantitative estimate of drug-likeness (QED) is 0.282. The van der Waals surface area contributed by atoms with Gasteiger partial charge in [-0.05, 0) is 48.5 Å². The van der Waals surface area contributed by atoms with Crippen LogP contribution in [-0.2, 0) is 10.5 Å². The first kappa shape index (κ1) is 25.1. The summed E-state index contributed by atoms with van der Waals surface area (Å²) in [6, 6.07) is 14.0. The van der Waals surface area contributed by atoms with Crippen LogP contribution in [0, 0.1) is 17.5 Å². The standard InChI is InChI=1S/C25H21F3N4O3S/c1-15(33)31(18-11-12-22(34-2)23(13-18)35-3)24-29-30-25(32(24)17-9-7-16(26)8-10-17)36-14-19-20(27)5-4-6-21(19)28/h4-13H,14H2,1-3H3. The van der Waals surface area contributed by atoms with Crippen LogP contribution in [0.15, 0.2) is 65.8 Å². The Morgan fingerprint density at radius 2 is 1.61 bits per heavy atom. The summed E-state index contributed by atoms with van der Waals surface area (Å²) in [6.07, 6.45) is 0. The van der Waals surface area contributed by atoms with Crippen LogP contribution in [0.4, 0.5) is 24.8 Å². The lowest BCUT2D eigenvalue weighted by atomic mass is 10.2. The number of methoxy groups -OCH3 is 2. The molecule has 0 unspecified atom stereocenters. The highest BCUT2D eigenvalue weighted by atomic mass is 32.2. The number of anilines is 2. The second kappa shape index (κ2) is 10.7. The predicted molar refractivity (Wildman–Crippen MR) is 130 cm³/mol. The van der Waals surface area contributed by atoms with Gasteiger partial charge in [-0.25, -0.2) is 18.1 Å². The zero-order valence-electron chi connectivity index (χ0n) is 19.5. The molecule has 1 aromatic heterocycles. The zero-order valence-corrected chi connectivity index (χ0v) is 20.4. The van der Waals surface area contributed by atoms with E-state index in [2.05, 4.69) is 10.2 Å². The van der Waals surface area contributed by atoms with Gasteiger partial charge < -0.3 is 9.47 Å². The Morgan fingerprint density at radius 3 is 2.22 bits per heavy atom. The minimum absolute atomic E-state index is 0.0890. The average molecular weight is 515 g/mol. The van der Waals surface area contributed by atoms with E-state index >= 15 is 0 Å². The molecule has 7 nitrogen and oxygen atoms in total. The smallest absolute Gasteiger partial charge is 0.243 e. The molecule has 0 aliphatic carbocycles. The lowest BCUT2D eigenvalue weighted by Crippen LogP contribution is -2.26. The van der Waals surface area contributed by atoms with Crippen molar-refractivity contribution in [2.45, 2.75) is 17.8 Å². The third-order valence-electron chi connectivity index (χ3n) is 5.25. The van der Waals surface area contributed by atoms with Crippen molar-refractivity contribution in [2.24, 2.45) is 0 Å². The molecular weight excluding hydrogens is 493 g/mol. The van der Waals surface area contributed by atoms with Gasteiger partial charge in [0.1, 0.15) is 17.5 Å². The molecular formula is C25H21F3N4O3S. The molecule has 4 aromatic rings. The fourth-order valence-corrected chi connectivity index (χ4v) is 4.49. The number of carbonyl (C=O) groups excluding carboxylic acids is 1. The largest absolute Gasteiger partial charge is 0.493 e. The first-order valence-corrected chi connectivity index (χ1v) is 11.6. The minimum atomic E-state index is -0.689. The van der Waals surface area contributed by atoms with Gasteiger partial charge in [-0.2, -0.15) is 0 Å². The van der Waals surface area contributed by atoms with Crippen LogP contribution in [0.2, 0.25) is 0 Å². The van der Waals surface area contributed by atoms with E-state index in [0.29, 0.717) is 22.9 Å². The highest BCUT2D eigenvalue weighted by Crippen LogP contribution is 2.37. The van der Waals surface area contributed by atoms with E-state index in [9.17, 15) is 18.0 Å². The number of carbonyl (C=O) groups is 1. The Kier molecular flexibility index (Phi) is 7.49. The molecule has 0 bridgehead atoms. The van der Waals surface area contributed by atoms with Gasteiger partial charge in [0.2, 0.25) is 11.9 Å². The Morgan fingerprint density at radius 1 is 0.944 bits per heavy atom. The van der Waals surface area contributed by atoms with E-state index in [4.69, 9.17) is 9.47 Å². The van der Waals surface area contributed by atoms with Crippen LogP contribution in [0.1, 0.15) is 12.5 Å². The van der Waals surface area contributed by atoms with Crippen molar-refractivity contribution >= 4 is 29.3 Å². The molecule has 1 amide bonds. The maximum absolute atomic E-state index is 14.2. The van der Waals surface area contributed by atoms with Crippen LogP contribution in [0.5, 0.6) is 11.5 Å². The Hall–Kier alpha value is -3.99. The number of thioether (sulfide) groups is 1. The summed E-state index contributed by atoms with van der Waals surface area (Å²) in [7, 11) is 2.96. The molecule has 0 fully saturated rings. The second-order valence-electron chi connectivity index (χ2n) is 7.48. The molecule has 0 aliphatic rings. The maximum atomic E-state index is 14.2. The third kappa shape index (κ3) is 5.01. The minimum Gasteiger partial charge on any atom is -0.493 e. The zero-order chi connectivity index (χ0) is 25.8. The van der Waals surface area contributed by atoms with Crippen molar-refractivity contribution in [1.29, 1.82) is 0 Å². The maximum Gasteiger partial charge on any atom is 0.243 e. The number of halogens is 3. The van der Waals surface area contributed by atoms with E-state index < -0.39 is 23.4 Å². The number of aromatic nitrogens is 3. The number of hydrogen-bond donors (Lipinski definition) is 0. The normalized spacial score (nSPS) is 10.8. The molecule has 0 saturated heterocycles. The number of nitrogens with zero attached hydrogens (tertiary/aromatic N) is 4. The monoisotopic (exact) mass is 514 g/mol. The fraction of sp³-hybridized carbons (Fsp3) is 0.160. The van der Waals surface area contributed by atoms with E-state index in [1.807, 2.05) is 0 Å². The van der Waals surface area contributed by atoms with E-state index in [1.54, 1.807) is 18.2 Å². The molecule has 0 saturated carbocycles. The van der Waals surface area contributed by atoms with Gasteiger partial charge in [0, 0.05) is 24.3 Å². The lowest BCUT2D eigenvalue weighted by molar-refractivity contribution is -0.115. The van der Waals surface area contributed by atoms with Crippen LogP contribution in [-0.4, -0.2) is 34.9 Å². The summed E-state index contributed by atoms with van der Waals surface area (Å²) >= 11 is 1.02. The molecule has 0 spiro atoms. The van der Waals surface area contributed by atoms with Crippen molar-refractivity contribution < 1.29 is 27.4 Å². The number of amides is 1. The van der Waals surface area contributed by atoms with Gasteiger partial charge in [0.05, 0.1) is 25.6 Å². The Balaban J connectivity index is 1.82. The summed E-state index contributed by atoms with van der Waals surface area (Å²) in [5, 5.41) is 8.64. The lowest BCUT2D eigenvalue weighted by Gasteiger charge is -2.22. The van der Waals surface area contributed by atoms with Gasteiger partial charge in [-0.3, -0.25) is 9.36 Å². The van der Waals surface area contributed by atoms with E-state index in [1.165, 1.54) is 73.1 Å². The van der Waals surface area contributed by atoms with Gasteiger partial charge in [-0.15, -0.1) is 10.2 Å². The topological polar surface area (TPSA) is 69.5 Å². The van der Waals surface area contributed by atoms with Crippen LogP contribution in [0.3, 0.4) is 0 Å². The summed E-state index contributed by atoms with van der Waals surface area (Å²) in [4.78, 5) is 14.1. The van der Waals surface area contributed by atoms with E-state index in [0.717, 1.165) is 11.8 Å². The van der Waals surface area contributed by atoms with Crippen LogP contribution < -0.4 is 14.4 Å². The fourth-order valence-electron chi connectivity index (χ4n) is 3.53. The molecule has 0 atom stereocenters. The Labute approximate surface area is 209 Å². The van der Waals surface area contributed by atoms with Gasteiger partial charge in [-0.1, -0.05) is 17.8 Å². The number of ether oxygens (including phenoxy) is 2. The van der Waals surface area contributed by atoms with Crippen LogP contribution in [0.25, 0.3) is 5.69 Å². The molecule has 36 heavy (non-hydrogen) atoms. The molecule has 1 heterocycles. The molecule has 186 valence electrons. The van der Waals surface area contributed by atoms with Crippen molar-refractivity contribution in [2.75, 3.05) is 19.1 Å². The van der Waals surface area contributed by atoms with Gasteiger partial charge in [0.25, 0.3) is 0 Å². The van der Waals surface area contributed by atoms with Crippen LogP contribution >= 0.6 is 11.8 Å². The number of hydrogen-bond acceptors (Lipinski definition) is 6. The van der Waals surface area contributed by atoms with Crippen molar-refractivity contribution in [3.63, 3.8) is 0 Å². The Bertz CT molecular complexity index is 1380. The molecule has 0 aliphatic heterocycles. The van der Waals surface area contributed by atoms with Gasteiger partial charge >= 0.3 is 0 Å². The average Bonchev–Trinajstić information content (AvgIpc) is 3.27. The predicted octanol–water partition coefficient (Wildman–Crippen LogP) is 5.68. The van der Waals surface area contributed by atoms with Crippen molar-refractivity contribution in [3.8, 4) is 17.2 Å². The molecule has 0 radical (unpaired) electrons. The molecule has 0 N–H and O–H groups in total. The van der Waals surface area contributed by atoms with E-state index in [-0.39, 0.29) is 22.4 Å². The SMILES string of the molecule is COc1ccc(N(C(C)=O)c2nnc(SCc3c(F)cccc3F)n2-c2ccc(F)cc2)cc1OC. The molecule has 4 rings (SSSR count). The number of rotatable bonds is 8. The molecule has 11 heteroatoms. The number of benzene rings is 3. The first-order chi connectivity index (χ1) is 17.3. The third-order valence-corrected chi connectivity index (χ3v) is 6.20.